The first-order valence-corrected chi connectivity index (χ1v) is 10.6. The van der Waals surface area contributed by atoms with Crippen LogP contribution in [-0.2, 0) is 0 Å². The van der Waals surface area contributed by atoms with Crippen molar-refractivity contribution < 1.29 is 4.79 Å². The molecule has 3 heterocycles. The number of carbonyl (C=O) groups is 1. The van der Waals surface area contributed by atoms with Crippen molar-refractivity contribution in [1.29, 1.82) is 0 Å². The van der Waals surface area contributed by atoms with Crippen LogP contribution in [0.4, 0.5) is 10.8 Å². The number of H-pyrrole nitrogens is 1. The fourth-order valence-corrected chi connectivity index (χ4v) is 4.93. The van der Waals surface area contributed by atoms with E-state index in [-0.39, 0.29) is 5.91 Å². The Morgan fingerprint density at radius 1 is 1.21 bits per heavy atom. The Morgan fingerprint density at radius 3 is 2.82 bits per heavy atom. The molecule has 0 bridgehead atoms. The zero-order chi connectivity index (χ0) is 19.3. The molecule has 1 aromatic carbocycles. The monoisotopic (exact) mass is 410 g/mol. The molecule has 0 atom stereocenters. The first-order chi connectivity index (χ1) is 13.6. The van der Waals surface area contributed by atoms with Gasteiger partial charge in [0.15, 0.2) is 11.0 Å². The molecule has 0 spiro atoms. The lowest BCUT2D eigenvalue weighted by Gasteiger charge is -2.05. The van der Waals surface area contributed by atoms with Crippen LogP contribution in [-0.4, -0.2) is 40.2 Å². The van der Waals surface area contributed by atoms with Crippen LogP contribution in [0.5, 0.6) is 0 Å². The molecule has 1 amide bonds. The van der Waals surface area contributed by atoms with Gasteiger partial charge in [-0.1, -0.05) is 23.5 Å². The molecule has 0 aliphatic heterocycles. The molecule has 0 unspecified atom stereocenters. The van der Waals surface area contributed by atoms with Crippen LogP contribution in [0, 0.1) is 0 Å². The fraction of sp³-hybridized carbons (Fsp3) is 0.263. The number of carbonyl (C=O) groups excluding carboxylic acids is 1. The van der Waals surface area contributed by atoms with E-state index in [1.807, 2.05) is 49.3 Å². The highest BCUT2D eigenvalue weighted by molar-refractivity contribution is 7.29. The molecule has 1 saturated carbocycles. The number of anilines is 2. The normalized spacial score (nSPS) is 13.8. The molecule has 9 heteroatoms. The smallest absolute Gasteiger partial charge is 0.265 e. The Labute approximate surface area is 169 Å². The second kappa shape index (κ2) is 6.68. The first-order valence-electron chi connectivity index (χ1n) is 8.98. The van der Waals surface area contributed by atoms with Crippen LogP contribution < -0.4 is 10.2 Å². The number of aromatic nitrogens is 4. The summed E-state index contributed by atoms with van der Waals surface area (Å²) in [6, 6.07) is 9.52. The minimum atomic E-state index is -0.132. The molecular formula is C19H18N6OS2. The third kappa shape index (κ3) is 3.27. The number of thiophene rings is 1. The number of nitrogens with one attached hydrogen (secondary N) is 2. The summed E-state index contributed by atoms with van der Waals surface area (Å²) in [5, 5.41) is 11.2. The van der Waals surface area contributed by atoms with Crippen LogP contribution >= 0.6 is 22.7 Å². The topological polar surface area (TPSA) is 86.8 Å². The molecule has 1 fully saturated rings. The molecule has 5 rings (SSSR count). The minimum Gasteiger partial charge on any atom is -0.354 e. The van der Waals surface area contributed by atoms with Crippen molar-refractivity contribution in [3.8, 4) is 11.4 Å². The summed E-state index contributed by atoms with van der Waals surface area (Å²) in [5.74, 6) is 2.01. The molecule has 0 radical (unpaired) electrons. The number of aromatic amines is 1. The van der Waals surface area contributed by atoms with Gasteiger partial charge in [0.05, 0.1) is 9.58 Å². The van der Waals surface area contributed by atoms with Gasteiger partial charge < -0.3 is 10.2 Å². The summed E-state index contributed by atoms with van der Waals surface area (Å²) in [6.07, 6.45) is 2.35. The Hall–Kier alpha value is -2.78. The molecule has 3 aromatic heterocycles. The van der Waals surface area contributed by atoms with Gasteiger partial charge >= 0.3 is 0 Å². The van der Waals surface area contributed by atoms with Crippen LogP contribution in [0.2, 0.25) is 0 Å². The number of amides is 1. The highest BCUT2D eigenvalue weighted by atomic mass is 32.1. The van der Waals surface area contributed by atoms with Crippen molar-refractivity contribution in [3.63, 3.8) is 0 Å². The Balaban J connectivity index is 1.35. The molecule has 1 aliphatic carbocycles. The predicted molar refractivity (Wildman–Crippen MR) is 114 cm³/mol. The van der Waals surface area contributed by atoms with Crippen LogP contribution in [0.15, 0.2) is 30.3 Å². The number of hydrogen-bond donors (Lipinski definition) is 2. The lowest BCUT2D eigenvalue weighted by Crippen LogP contribution is -2.10. The Bertz CT molecular complexity index is 1140. The quantitative estimate of drug-likeness (QED) is 0.511. The maximum absolute atomic E-state index is 12.7. The van der Waals surface area contributed by atoms with Gasteiger partial charge in [-0.05, 0) is 31.0 Å². The zero-order valence-electron chi connectivity index (χ0n) is 15.4. The van der Waals surface area contributed by atoms with Crippen LogP contribution in [0.3, 0.4) is 0 Å². The van der Waals surface area contributed by atoms with E-state index >= 15 is 0 Å². The number of hydrogen-bond acceptors (Lipinski definition) is 7. The summed E-state index contributed by atoms with van der Waals surface area (Å²) in [7, 11) is 3.93. The van der Waals surface area contributed by atoms with Crippen molar-refractivity contribution in [2.24, 2.45) is 0 Å². The molecule has 28 heavy (non-hydrogen) atoms. The molecular weight excluding hydrogens is 392 g/mol. The van der Waals surface area contributed by atoms with Crippen molar-refractivity contribution in [3.05, 3.63) is 41.0 Å². The van der Waals surface area contributed by atoms with Gasteiger partial charge in [-0.25, -0.2) is 9.97 Å². The number of fused-ring (bicyclic) bond motifs is 1. The van der Waals surface area contributed by atoms with E-state index in [1.165, 1.54) is 24.2 Å². The van der Waals surface area contributed by atoms with Gasteiger partial charge in [-0.3, -0.25) is 9.89 Å². The molecule has 7 nitrogen and oxygen atoms in total. The number of rotatable bonds is 5. The molecule has 4 aromatic rings. The molecule has 2 N–H and O–H groups in total. The summed E-state index contributed by atoms with van der Waals surface area (Å²) >= 11 is 2.99. The average Bonchev–Trinajstić information content (AvgIpc) is 3.10. The number of thiazole rings is 1. The highest BCUT2D eigenvalue weighted by Gasteiger charge is 2.27. The number of benzene rings is 1. The maximum Gasteiger partial charge on any atom is 0.265 e. The summed E-state index contributed by atoms with van der Waals surface area (Å²) in [5.41, 5.74) is 1.60. The minimum absolute atomic E-state index is 0.132. The Morgan fingerprint density at radius 2 is 2.07 bits per heavy atom. The predicted octanol–water partition coefficient (Wildman–Crippen LogP) is 4.34. The van der Waals surface area contributed by atoms with E-state index in [2.05, 4.69) is 25.5 Å². The average molecular weight is 411 g/mol. The number of nitrogens with zero attached hydrogens (tertiary/aromatic N) is 4. The fourth-order valence-electron chi connectivity index (χ4n) is 2.90. The summed E-state index contributed by atoms with van der Waals surface area (Å²) in [6.45, 7) is 0. The first kappa shape index (κ1) is 17.3. The van der Waals surface area contributed by atoms with Crippen LogP contribution in [0.25, 0.3) is 20.9 Å². The van der Waals surface area contributed by atoms with Gasteiger partial charge in [0.25, 0.3) is 5.91 Å². The lowest BCUT2D eigenvalue weighted by atomic mass is 10.2. The maximum atomic E-state index is 12.7. The van der Waals surface area contributed by atoms with E-state index in [4.69, 9.17) is 0 Å². The third-order valence-corrected chi connectivity index (χ3v) is 6.86. The molecule has 0 saturated heterocycles. The van der Waals surface area contributed by atoms with E-state index < -0.39 is 0 Å². The van der Waals surface area contributed by atoms with Gasteiger partial charge in [0.2, 0.25) is 0 Å². The van der Waals surface area contributed by atoms with Crippen molar-refractivity contribution in [2.75, 3.05) is 24.3 Å². The van der Waals surface area contributed by atoms with Crippen molar-refractivity contribution in [2.45, 2.75) is 18.8 Å². The van der Waals surface area contributed by atoms with E-state index in [9.17, 15) is 4.79 Å². The van der Waals surface area contributed by atoms with Gasteiger partial charge in [0, 0.05) is 31.3 Å². The van der Waals surface area contributed by atoms with E-state index in [1.54, 1.807) is 11.3 Å². The SMILES string of the molecule is CN(C)c1nc2sc(C(=O)Nc3cccc(-c4n[nH]c(C5CC5)n4)c3)cc2s1. The standard InChI is InChI=1S/C19H18N6OS2/c1-25(2)19-22-18-14(28-19)9-13(27-18)17(26)20-12-5-3-4-11(8-12)16-21-15(23-24-16)10-6-7-10/h3-5,8-10H,6-7H2,1-2H3,(H,20,26)(H,21,23,24). The lowest BCUT2D eigenvalue weighted by molar-refractivity contribution is 0.103. The van der Waals surface area contributed by atoms with Gasteiger partial charge in [-0.2, -0.15) is 5.10 Å². The van der Waals surface area contributed by atoms with Crippen molar-refractivity contribution in [1.82, 2.24) is 20.2 Å². The molecule has 142 valence electrons. The van der Waals surface area contributed by atoms with Gasteiger partial charge in [0.1, 0.15) is 10.7 Å². The summed E-state index contributed by atoms with van der Waals surface area (Å²) < 4.78 is 1.03. The van der Waals surface area contributed by atoms with E-state index in [0.29, 0.717) is 16.6 Å². The summed E-state index contributed by atoms with van der Waals surface area (Å²) in [4.78, 5) is 25.3. The van der Waals surface area contributed by atoms with E-state index in [0.717, 1.165) is 31.7 Å². The van der Waals surface area contributed by atoms with Crippen molar-refractivity contribution >= 4 is 48.9 Å². The molecule has 1 aliphatic rings. The Kier molecular flexibility index (Phi) is 4.13. The zero-order valence-corrected chi connectivity index (χ0v) is 17.0. The largest absolute Gasteiger partial charge is 0.354 e. The van der Waals surface area contributed by atoms with Crippen LogP contribution in [0.1, 0.15) is 34.3 Å². The second-order valence-electron chi connectivity index (χ2n) is 7.02. The second-order valence-corrected chi connectivity index (χ2v) is 9.06. The highest BCUT2D eigenvalue weighted by Crippen LogP contribution is 2.38. The third-order valence-electron chi connectivity index (χ3n) is 4.53. The van der Waals surface area contributed by atoms with Gasteiger partial charge in [-0.15, -0.1) is 11.3 Å².